The van der Waals surface area contributed by atoms with Crippen LogP contribution in [0.1, 0.15) is 43.9 Å². The van der Waals surface area contributed by atoms with Gasteiger partial charge in [-0.1, -0.05) is 13.3 Å². The topological polar surface area (TPSA) is 86.3 Å². The van der Waals surface area contributed by atoms with E-state index in [1.807, 2.05) is 0 Å². The number of rotatable bonds is 4. The molecule has 0 saturated carbocycles. The van der Waals surface area contributed by atoms with Gasteiger partial charge in [0.1, 0.15) is 0 Å². The maximum Gasteiger partial charge on any atom is 0.262 e. The lowest BCUT2D eigenvalue weighted by molar-refractivity contribution is 0.277. The molecule has 114 valence electrons. The van der Waals surface area contributed by atoms with Gasteiger partial charge in [-0.2, -0.15) is 9.40 Å². The third-order valence-corrected chi connectivity index (χ3v) is 6.03. The maximum absolute atomic E-state index is 12.7. The second-order valence-corrected chi connectivity index (χ2v) is 7.25. The highest BCUT2D eigenvalue weighted by atomic mass is 32.2. The lowest BCUT2D eigenvalue weighted by Crippen LogP contribution is -2.33. The summed E-state index contributed by atoms with van der Waals surface area (Å²) in [7, 11) is -3.61. The van der Waals surface area contributed by atoms with Crippen LogP contribution in [-0.4, -0.2) is 41.1 Å². The molecule has 0 bridgehead atoms. The normalized spacial score (nSPS) is 21.9. The van der Waals surface area contributed by atoms with Gasteiger partial charge in [0, 0.05) is 24.3 Å². The van der Waals surface area contributed by atoms with Crippen molar-refractivity contribution in [1.82, 2.24) is 14.5 Å². The van der Waals surface area contributed by atoms with E-state index in [1.54, 1.807) is 6.92 Å². The second kappa shape index (κ2) is 6.24. The fraction of sp³-hybridized carbons (Fsp3) is 0.769. The summed E-state index contributed by atoms with van der Waals surface area (Å²) in [5.41, 5.74) is 0.980. The van der Waals surface area contributed by atoms with E-state index >= 15 is 0 Å². The van der Waals surface area contributed by atoms with Crippen molar-refractivity contribution >= 4 is 10.0 Å². The predicted molar refractivity (Wildman–Crippen MR) is 75.6 cm³/mol. The zero-order valence-corrected chi connectivity index (χ0v) is 12.9. The molecule has 1 aliphatic heterocycles. The second-order valence-electron chi connectivity index (χ2n) is 5.40. The van der Waals surface area contributed by atoms with Gasteiger partial charge in [-0.15, -0.1) is 0 Å². The third kappa shape index (κ3) is 2.89. The van der Waals surface area contributed by atoms with E-state index in [2.05, 4.69) is 17.1 Å². The van der Waals surface area contributed by atoms with E-state index in [-0.39, 0.29) is 11.6 Å². The summed E-state index contributed by atoms with van der Waals surface area (Å²) in [5.74, 6) is 0.605. The smallest absolute Gasteiger partial charge is 0.262 e. The molecule has 2 heterocycles. The van der Waals surface area contributed by atoms with Crippen LogP contribution < -0.4 is 0 Å². The van der Waals surface area contributed by atoms with Crippen LogP contribution in [0, 0.1) is 12.8 Å². The molecular formula is C13H23N3O3S. The highest BCUT2D eigenvalue weighted by Crippen LogP contribution is 2.26. The van der Waals surface area contributed by atoms with Crippen LogP contribution in [0.15, 0.2) is 5.03 Å². The van der Waals surface area contributed by atoms with Crippen molar-refractivity contribution in [2.45, 2.75) is 51.2 Å². The fourth-order valence-electron chi connectivity index (χ4n) is 2.74. The minimum Gasteiger partial charge on any atom is -0.392 e. The van der Waals surface area contributed by atoms with Crippen molar-refractivity contribution in [3.63, 3.8) is 0 Å². The van der Waals surface area contributed by atoms with E-state index < -0.39 is 10.0 Å². The highest BCUT2D eigenvalue weighted by Gasteiger charge is 2.31. The lowest BCUT2D eigenvalue weighted by atomic mass is 9.98. The number of H-pyrrole nitrogens is 1. The molecule has 0 aliphatic carbocycles. The molecule has 1 aromatic rings. The van der Waals surface area contributed by atoms with Crippen molar-refractivity contribution in [1.29, 1.82) is 0 Å². The van der Waals surface area contributed by atoms with Crippen LogP contribution in [-0.2, 0) is 16.6 Å². The van der Waals surface area contributed by atoms with Gasteiger partial charge in [0.15, 0.2) is 5.03 Å². The Morgan fingerprint density at radius 1 is 1.40 bits per heavy atom. The Morgan fingerprint density at radius 2 is 2.15 bits per heavy atom. The highest BCUT2D eigenvalue weighted by molar-refractivity contribution is 7.89. The Hall–Kier alpha value is -0.920. The Morgan fingerprint density at radius 3 is 2.80 bits per heavy atom. The summed E-state index contributed by atoms with van der Waals surface area (Å²) in [6, 6.07) is 0. The molecular weight excluding hydrogens is 278 g/mol. The summed E-state index contributed by atoms with van der Waals surface area (Å²) >= 11 is 0. The number of nitrogens with zero attached hydrogens (tertiary/aromatic N) is 2. The van der Waals surface area contributed by atoms with Crippen LogP contribution in [0.25, 0.3) is 0 Å². The number of aliphatic hydroxyl groups excluding tert-OH is 1. The van der Waals surface area contributed by atoms with Gasteiger partial charge in [-0.3, -0.25) is 5.10 Å². The number of nitrogens with one attached hydrogen (secondary N) is 1. The summed E-state index contributed by atoms with van der Waals surface area (Å²) in [6.45, 7) is 4.62. The van der Waals surface area contributed by atoms with Gasteiger partial charge in [-0.25, -0.2) is 8.42 Å². The standard InChI is InChI=1S/C13H23N3O3S/c1-3-11-5-4-7-16(8-6-11)20(18,19)13-12(9-17)10(2)14-15-13/h11,17H,3-9H2,1-2H3,(H,14,15). The van der Waals surface area contributed by atoms with Crippen molar-refractivity contribution in [3.05, 3.63) is 11.3 Å². The molecule has 0 spiro atoms. The summed E-state index contributed by atoms with van der Waals surface area (Å²) in [4.78, 5) is 0. The minimum absolute atomic E-state index is 0.0209. The summed E-state index contributed by atoms with van der Waals surface area (Å²) in [5, 5.41) is 15.9. The fourth-order valence-corrected chi connectivity index (χ4v) is 4.39. The Labute approximate surface area is 120 Å². The van der Waals surface area contributed by atoms with E-state index in [9.17, 15) is 13.5 Å². The number of aromatic nitrogens is 2. The molecule has 2 rings (SSSR count). The Bertz CT molecular complexity index is 553. The summed E-state index contributed by atoms with van der Waals surface area (Å²) in [6.07, 6.45) is 3.95. The molecule has 6 nitrogen and oxygen atoms in total. The zero-order valence-electron chi connectivity index (χ0n) is 12.1. The number of aryl methyl sites for hydroxylation is 1. The molecule has 7 heteroatoms. The zero-order chi connectivity index (χ0) is 14.8. The number of aromatic amines is 1. The first kappa shape index (κ1) is 15.5. The Kier molecular flexibility index (Phi) is 4.82. The van der Waals surface area contributed by atoms with Gasteiger partial charge in [0.05, 0.1) is 6.61 Å². The number of sulfonamides is 1. The third-order valence-electron chi connectivity index (χ3n) is 4.16. The first-order valence-corrected chi connectivity index (χ1v) is 8.59. The lowest BCUT2D eigenvalue weighted by Gasteiger charge is -2.19. The largest absolute Gasteiger partial charge is 0.392 e. The van der Waals surface area contributed by atoms with Crippen LogP contribution in [0.4, 0.5) is 0 Å². The molecule has 1 fully saturated rings. The van der Waals surface area contributed by atoms with Gasteiger partial charge in [0.2, 0.25) is 0 Å². The van der Waals surface area contributed by atoms with Gasteiger partial charge >= 0.3 is 0 Å². The van der Waals surface area contributed by atoms with Crippen molar-refractivity contribution < 1.29 is 13.5 Å². The quantitative estimate of drug-likeness (QED) is 0.880. The van der Waals surface area contributed by atoms with Crippen LogP contribution in [0.3, 0.4) is 0 Å². The SMILES string of the molecule is CCC1CCCN(S(=O)(=O)c2n[nH]c(C)c2CO)CC1. The predicted octanol–water partition coefficient (Wildman–Crippen LogP) is 1.41. The van der Waals surface area contributed by atoms with E-state index in [0.717, 1.165) is 25.7 Å². The van der Waals surface area contributed by atoms with Crippen molar-refractivity contribution in [3.8, 4) is 0 Å². The molecule has 0 aromatic carbocycles. The molecule has 20 heavy (non-hydrogen) atoms. The van der Waals surface area contributed by atoms with Crippen molar-refractivity contribution in [2.75, 3.05) is 13.1 Å². The van der Waals surface area contributed by atoms with Gasteiger partial charge in [0.25, 0.3) is 10.0 Å². The number of aliphatic hydroxyl groups is 1. The molecule has 0 amide bonds. The van der Waals surface area contributed by atoms with E-state index in [4.69, 9.17) is 0 Å². The molecule has 1 aliphatic rings. The van der Waals surface area contributed by atoms with Crippen LogP contribution in [0.5, 0.6) is 0 Å². The molecule has 1 saturated heterocycles. The molecule has 0 radical (unpaired) electrons. The van der Waals surface area contributed by atoms with Crippen molar-refractivity contribution in [2.24, 2.45) is 5.92 Å². The van der Waals surface area contributed by atoms with Crippen LogP contribution >= 0.6 is 0 Å². The van der Waals surface area contributed by atoms with Crippen LogP contribution in [0.2, 0.25) is 0 Å². The molecule has 1 atom stereocenters. The molecule has 1 aromatic heterocycles. The average Bonchev–Trinajstić information content (AvgIpc) is 2.65. The first-order valence-electron chi connectivity index (χ1n) is 7.15. The average molecular weight is 301 g/mol. The van der Waals surface area contributed by atoms with Gasteiger partial charge in [-0.05, 0) is 32.1 Å². The first-order chi connectivity index (χ1) is 9.50. The molecule has 2 N–H and O–H groups in total. The number of hydrogen-bond donors (Lipinski definition) is 2. The monoisotopic (exact) mass is 301 g/mol. The Balaban J connectivity index is 2.26. The van der Waals surface area contributed by atoms with E-state index in [1.165, 1.54) is 4.31 Å². The number of hydrogen-bond acceptors (Lipinski definition) is 4. The van der Waals surface area contributed by atoms with E-state index in [0.29, 0.717) is 30.3 Å². The molecule has 1 unspecified atom stereocenters. The minimum atomic E-state index is -3.61. The summed E-state index contributed by atoms with van der Waals surface area (Å²) < 4.78 is 26.8. The maximum atomic E-state index is 12.7. The van der Waals surface area contributed by atoms with Gasteiger partial charge < -0.3 is 5.11 Å².